The second-order valence-electron chi connectivity index (χ2n) is 6.37. The number of nitrogens with zero attached hydrogens (tertiary/aromatic N) is 1. The van der Waals surface area contributed by atoms with Crippen molar-refractivity contribution >= 4 is 63.5 Å². The number of amides is 2. The minimum atomic E-state index is -0.145. The average Bonchev–Trinajstić information content (AvgIpc) is 2.93. The SMILES string of the molecule is Cc1ccc(NC(=O)CCCN2C(=O)C(=Cc3ccccc3Cl)SC2=S)cc1. The van der Waals surface area contributed by atoms with Crippen molar-refractivity contribution in [2.24, 2.45) is 0 Å². The first-order chi connectivity index (χ1) is 13.4. The Morgan fingerprint density at radius 3 is 2.64 bits per heavy atom. The van der Waals surface area contributed by atoms with Gasteiger partial charge in [0.2, 0.25) is 5.91 Å². The van der Waals surface area contributed by atoms with Gasteiger partial charge in [-0.25, -0.2) is 0 Å². The van der Waals surface area contributed by atoms with Crippen molar-refractivity contribution < 1.29 is 9.59 Å². The van der Waals surface area contributed by atoms with Crippen LogP contribution in [0.1, 0.15) is 24.0 Å². The van der Waals surface area contributed by atoms with Gasteiger partial charge in [-0.3, -0.25) is 14.5 Å². The number of thiocarbonyl (C=S) groups is 1. The minimum absolute atomic E-state index is 0.0825. The summed E-state index contributed by atoms with van der Waals surface area (Å²) in [5, 5.41) is 3.44. The molecule has 0 aliphatic carbocycles. The molecule has 0 radical (unpaired) electrons. The number of carbonyl (C=O) groups excluding carboxylic acids is 2. The van der Waals surface area contributed by atoms with E-state index in [0.717, 1.165) is 16.8 Å². The molecule has 0 unspecified atom stereocenters. The second-order valence-corrected chi connectivity index (χ2v) is 8.46. The summed E-state index contributed by atoms with van der Waals surface area (Å²) in [6.07, 6.45) is 2.60. The van der Waals surface area contributed by atoms with Crippen molar-refractivity contribution in [3.05, 3.63) is 69.6 Å². The van der Waals surface area contributed by atoms with Crippen LogP contribution in [0.5, 0.6) is 0 Å². The number of rotatable bonds is 6. The molecular weight excluding hydrogens is 412 g/mol. The number of nitrogens with one attached hydrogen (secondary N) is 1. The van der Waals surface area contributed by atoms with Crippen molar-refractivity contribution in [1.29, 1.82) is 0 Å². The molecule has 1 heterocycles. The molecule has 28 heavy (non-hydrogen) atoms. The van der Waals surface area contributed by atoms with Gasteiger partial charge in [0.1, 0.15) is 4.32 Å². The molecule has 2 aromatic rings. The zero-order chi connectivity index (χ0) is 20.1. The predicted octanol–water partition coefficient (Wildman–Crippen LogP) is 5.27. The standard InChI is InChI=1S/C21H19ClN2O2S2/c1-14-8-10-16(11-9-14)23-19(25)7-4-12-24-20(26)18(28-21(24)27)13-15-5-2-3-6-17(15)22/h2-3,5-6,8-11,13H,4,7,12H2,1H3,(H,23,25). The Morgan fingerprint density at radius 2 is 1.93 bits per heavy atom. The molecule has 0 atom stereocenters. The van der Waals surface area contributed by atoms with Gasteiger partial charge < -0.3 is 5.32 Å². The molecule has 0 saturated carbocycles. The second kappa shape index (κ2) is 9.37. The van der Waals surface area contributed by atoms with E-state index in [-0.39, 0.29) is 11.8 Å². The van der Waals surface area contributed by atoms with Crippen LogP contribution in [0.15, 0.2) is 53.4 Å². The van der Waals surface area contributed by atoms with Gasteiger partial charge in [0.05, 0.1) is 4.91 Å². The first-order valence-corrected chi connectivity index (χ1v) is 10.4. The van der Waals surface area contributed by atoms with Crippen LogP contribution >= 0.6 is 35.6 Å². The Hall–Kier alpha value is -2.15. The molecule has 144 valence electrons. The summed E-state index contributed by atoms with van der Waals surface area (Å²) in [5.74, 6) is -0.227. The van der Waals surface area contributed by atoms with Gasteiger partial charge >= 0.3 is 0 Å². The highest BCUT2D eigenvalue weighted by Gasteiger charge is 2.31. The zero-order valence-corrected chi connectivity index (χ0v) is 17.7. The number of halogens is 1. The van der Waals surface area contributed by atoms with Gasteiger partial charge in [0.25, 0.3) is 5.91 Å². The third-order valence-corrected chi connectivity index (χ3v) is 5.91. The molecule has 4 nitrogen and oxygen atoms in total. The van der Waals surface area contributed by atoms with Gasteiger partial charge in [-0.15, -0.1) is 0 Å². The summed E-state index contributed by atoms with van der Waals surface area (Å²) < 4.78 is 0.502. The van der Waals surface area contributed by atoms with Crippen LogP contribution in [0, 0.1) is 6.92 Å². The Kier molecular flexibility index (Phi) is 6.88. The highest BCUT2D eigenvalue weighted by molar-refractivity contribution is 8.26. The van der Waals surface area contributed by atoms with Crippen molar-refractivity contribution in [1.82, 2.24) is 4.90 Å². The Morgan fingerprint density at radius 1 is 1.21 bits per heavy atom. The van der Waals surface area contributed by atoms with Crippen LogP contribution in [-0.4, -0.2) is 27.6 Å². The number of aryl methyl sites for hydroxylation is 1. The molecule has 1 aliphatic heterocycles. The molecule has 2 amide bonds. The van der Waals surface area contributed by atoms with Crippen molar-refractivity contribution in [2.75, 3.05) is 11.9 Å². The lowest BCUT2D eigenvalue weighted by molar-refractivity contribution is -0.122. The van der Waals surface area contributed by atoms with Gasteiger partial charge in [-0.1, -0.05) is 71.5 Å². The largest absolute Gasteiger partial charge is 0.326 e. The topological polar surface area (TPSA) is 49.4 Å². The van der Waals surface area contributed by atoms with Gasteiger partial charge in [0.15, 0.2) is 0 Å². The highest BCUT2D eigenvalue weighted by Crippen LogP contribution is 2.33. The molecule has 1 aliphatic rings. The van der Waals surface area contributed by atoms with Gasteiger partial charge in [0, 0.05) is 23.7 Å². The predicted molar refractivity (Wildman–Crippen MR) is 120 cm³/mol. The first kappa shape index (κ1) is 20.6. The van der Waals surface area contributed by atoms with Gasteiger partial charge in [-0.05, 0) is 43.2 Å². The Balaban J connectivity index is 1.54. The van der Waals surface area contributed by atoms with Crippen LogP contribution in [0.2, 0.25) is 5.02 Å². The van der Waals surface area contributed by atoms with E-state index in [4.69, 9.17) is 23.8 Å². The van der Waals surface area contributed by atoms with Crippen molar-refractivity contribution in [3.8, 4) is 0 Å². The lowest BCUT2D eigenvalue weighted by atomic mass is 10.2. The van der Waals surface area contributed by atoms with Crippen LogP contribution in [0.4, 0.5) is 5.69 Å². The van der Waals surface area contributed by atoms with Crippen molar-refractivity contribution in [3.63, 3.8) is 0 Å². The molecule has 0 aromatic heterocycles. The maximum atomic E-state index is 12.6. The molecule has 1 saturated heterocycles. The van der Waals surface area contributed by atoms with Crippen LogP contribution < -0.4 is 5.32 Å². The molecule has 0 spiro atoms. The number of thioether (sulfide) groups is 1. The number of carbonyl (C=O) groups is 2. The molecule has 1 N–H and O–H groups in total. The van der Waals surface area contributed by atoms with Crippen LogP contribution in [0.3, 0.4) is 0 Å². The number of hydrogen-bond acceptors (Lipinski definition) is 4. The third kappa shape index (κ3) is 5.22. The van der Waals surface area contributed by atoms with E-state index in [2.05, 4.69) is 5.32 Å². The van der Waals surface area contributed by atoms with E-state index in [1.807, 2.05) is 49.4 Å². The number of benzene rings is 2. The van der Waals surface area contributed by atoms with Gasteiger partial charge in [-0.2, -0.15) is 0 Å². The smallest absolute Gasteiger partial charge is 0.266 e. The van der Waals surface area contributed by atoms with E-state index in [9.17, 15) is 9.59 Å². The summed E-state index contributed by atoms with van der Waals surface area (Å²) in [4.78, 5) is 26.8. The molecule has 3 rings (SSSR count). The third-order valence-electron chi connectivity index (χ3n) is 4.19. The van der Waals surface area contributed by atoms with E-state index in [1.54, 1.807) is 17.0 Å². The highest BCUT2D eigenvalue weighted by atomic mass is 35.5. The molecule has 7 heteroatoms. The zero-order valence-electron chi connectivity index (χ0n) is 15.3. The fourth-order valence-electron chi connectivity index (χ4n) is 2.68. The summed E-state index contributed by atoms with van der Waals surface area (Å²) in [7, 11) is 0. The van der Waals surface area contributed by atoms with Crippen molar-refractivity contribution in [2.45, 2.75) is 19.8 Å². The average molecular weight is 431 g/mol. The fourth-order valence-corrected chi connectivity index (χ4v) is 4.17. The normalized spacial score (nSPS) is 15.4. The van der Waals surface area contributed by atoms with E-state index in [0.29, 0.717) is 33.6 Å². The van der Waals surface area contributed by atoms with E-state index >= 15 is 0 Å². The molecular formula is C21H19ClN2O2S2. The van der Waals surface area contributed by atoms with Crippen LogP contribution in [0.25, 0.3) is 6.08 Å². The lowest BCUT2D eigenvalue weighted by Gasteiger charge is -2.14. The molecule has 1 fully saturated rings. The quantitative estimate of drug-likeness (QED) is 0.501. The van der Waals surface area contributed by atoms with E-state index in [1.165, 1.54) is 11.8 Å². The maximum absolute atomic E-state index is 12.6. The summed E-state index contributed by atoms with van der Waals surface area (Å²) in [5.41, 5.74) is 2.68. The monoisotopic (exact) mass is 430 g/mol. The lowest BCUT2D eigenvalue weighted by Crippen LogP contribution is -2.29. The fraction of sp³-hybridized carbons (Fsp3) is 0.190. The Bertz CT molecular complexity index is 942. The first-order valence-electron chi connectivity index (χ1n) is 8.80. The molecule has 0 bridgehead atoms. The summed E-state index contributed by atoms with van der Waals surface area (Å²) in [6, 6.07) is 15.0. The summed E-state index contributed by atoms with van der Waals surface area (Å²) in [6.45, 7) is 2.40. The minimum Gasteiger partial charge on any atom is -0.326 e. The Labute approximate surface area is 178 Å². The maximum Gasteiger partial charge on any atom is 0.266 e. The van der Waals surface area contributed by atoms with E-state index < -0.39 is 0 Å². The number of anilines is 1. The van der Waals surface area contributed by atoms with Crippen LogP contribution in [-0.2, 0) is 9.59 Å². The summed E-state index contributed by atoms with van der Waals surface area (Å²) >= 11 is 12.8. The molecule has 2 aromatic carbocycles. The number of hydrogen-bond donors (Lipinski definition) is 1.